The van der Waals surface area contributed by atoms with E-state index in [9.17, 15) is 4.79 Å². The molecule has 15 heavy (non-hydrogen) atoms. The molecular formula is C10H9N3OS. The molecule has 0 bridgehead atoms. The molecule has 0 spiro atoms. The van der Waals surface area contributed by atoms with E-state index in [1.807, 2.05) is 25.1 Å². The molecule has 0 saturated heterocycles. The Morgan fingerprint density at radius 1 is 1.33 bits per heavy atom. The SMILES string of the molecule is Cc1nnsc1NC(=O)c1ccccc1. The van der Waals surface area contributed by atoms with Crippen LogP contribution in [0.5, 0.6) is 0 Å². The van der Waals surface area contributed by atoms with Crippen molar-refractivity contribution in [1.29, 1.82) is 0 Å². The number of hydrogen-bond donors (Lipinski definition) is 1. The van der Waals surface area contributed by atoms with Gasteiger partial charge in [-0.1, -0.05) is 22.7 Å². The summed E-state index contributed by atoms with van der Waals surface area (Å²) < 4.78 is 3.75. The first kappa shape index (κ1) is 9.79. The summed E-state index contributed by atoms with van der Waals surface area (Å²) in [7, 11) is 0. The van der Waals surface area contributed by atoms with Crippen LogP contribution in [-0.2, 0) is 0 Å². The molecule has 1 aromatic heterocycles. The molecule has 0 radical (unpaired) electrons. The largest absolute Gasteiger partial charge is 0.311 e. The normalized spacial score (nSPS) is 9.93. The van der Waals surface area contributed by atoms with E-state index in [2.05, 4.69) is 14.9 Å². The van der Waals surface area contributed by atoms with E-state index in [1.165, 1.54) is 11.5 Å². The minimum Gasteiger partial charge on any atom is -0.311 e. The van der Waals surface area contributed by atoms with Gasteiger partial charge in [0.2, 0.25) is 0 Å². The average molecular weight is 219 g/mol. The van der Waals surface area contributed by atoms with Crippen molar-refractivity contribution in [3.63, 3.8) is 0 Å². The molecule has 0 aliphatic rings. The number of rotatable bonds is 2. The molecule has 4 nitrogen and oxygen atoms in total. The molecule has 0 unspecified atom stereocenters. The van der Waals surface area contributed by atoms with E-state index >= 15 is 0 Å². The minimum atomic E-state index is -0.134. The van der Waals surface area contributed by atoms with E-state index < -0.39 is 0 Å². The summed E-state index contributed by atoms with van der Waals surface area (Å²) in [6, 6.07) is 9.05. The van der Waals surface area contributed by atoms with Gasteiger partial charge in [-0.05, 0) is 19.1 Å². The predicted octanol–water partition coefficient (Wildman–Crippen LogP) is 2.10. The highest BCUT2D eigenvalue weighted by atomic mass is 32.1. The minimum absolute atomic E-state index is 0.134. The number of nitrogens with zero attached hydrogens (tertiary/aromatic N) is 2. The topological polar surface area (TPSA) is 54.9 Å². The Hall–Kier alpha value is -1.75. The molecule has 2 aromatic rings. The molecule has 0 aliphatic heterocycles. The molecule has 0 aliphatic carbocycles. The Balaban J connectivity index is 2.15. The lowest BCUT2D eigenvalue weighted by Gasteiger charge is -2.01. The maximum atomic E-state index is 11.7. The highest BCUT2D eigenvalue weighted by molar-refractivity contribution is 7.10. The van der Waals surface area contributed by atoms with Gasteiger partial charge in [0.15, 0.2) is 0 Å². The Morgan fingerprint density at radius 3 is 2.67 bits per heavy atom. The van der Waals surface area contributed by atoms with Gasteiger partial charge in [-0.3, -0.25) is 4.79 Å². The van der Waals surface area contributed by atoms with Crippen LogP contribution < -0.4 is 5.32 Å². The lowest BCUT2D eigenvalue weighted by molar-refractivity contribution is 0.102. The number of carbonyl (C=O) groups excluding carboxylic acids is 1. The van der Waals surface area contributed by atoms with Crippen LogP contribution in [0.2, 0.25) is 0 Å². The number of benzene rings is 1. The molecule has 1 heterocycles. The fraction of sp³-hybridized carbons (Fsp3) is 0.100. The Kier molecular flexibility index (Phi) is 2.73. The van der Waals surface area contributed by atoms with Crippen LogP contribution >= 0.6 is 11.5 Å². The second-order valence-corrected chi connectivity index (χ2v) is 3.76. The zero-order valence-corrected chi connectivity index (χ0v) is 8.91. The van der Waals surface area contributed by atoms with Gasteiger partial charge < -0.3 is 5.32 Å². The van der Waals surface area contributed by atoms with Crippen molar-refractivity contribution in [2.75, 3.05) is 5.32 Å². The Morgan fingerprint density at radius 2 is 2.07 bits per heavy atom. The van der Waals surface area contributed by atoms with Crippen LogP contribution in [-0.4, -0.2) is 15.5 Å². The first-order valence-corrected chi connectivity index (χ1v) is 5.20. The summed E-state index contributed by atoms with van der Waals surface area (Å²) in [6.45, 7) is 1.81. The van der Waals surface area contributed by atoms with Crippen molar-refractivity contribution < 1.29 is 4.79 Å². The lowest BCUT2D eigenvalue weighted by Crippen LogP contribution is -2.11. The van der Waals surface area contributed by atoms with Crippen molar-refractivity contribution in [1.82, 2.24) is 9.59 Å². The van der Waals surface area contributed by atoms with Gasteiger partial charge in [-0.25, -0.2) is 0 Å². The zero-order chi connectivity index (χ0) is 10.7. The lowest BCUT2D eigenvalue weighted by atomic mass is 10.2. The van der Waals surface area contributed by atoms with E-state index in [0.29, 0.717) is 10.6 Å². The van der Waals surface area contributed by atoms with Crippen molar-refractivity contribution >= 4 is 22.4 Å². The fourth-order valence-corrected chi connectivity index (χ4v) is 1.67. The predicted molar refractivity (Wildman–Crippen MR) is 59.0 cm³/mol. The third kappa shape index (κ3) is 2.19. The van der Waals surface area contributed by atoms with Crippen LogP contribution in [0.25, 0.3) is 0 Å². The summed E-state index contributed by atoms with van der Waals surface area (Å²) in [4.78, 5) is 11.7. The second-order valence-electron chi connectivity index (χ2n) is 3.01. The number of amides is 1. The van der Waals surface area contributed by atoms with Gasteiger partial charge in [-0.15, -0.1) is 5.10 Å². The van der Waals surface area contributed by atoms with Crippen LogP contribution in [0, 0.1) is 6.92 Å². The van der Waals surface area contributed by atoms with E-state index in [-0.39, 0.29) is 5.91 Å². The number of nitrogens with one attached hydrogen (secondary N) is 1. The van der Waals surface area contributed by atoms with Gasteiger partial charge >= 0.3 is 0 Å². The smallest absolute Gasteiger partial charge is 0.256 e. The Bertz CT molecular complexity index is 467. The van der Waals surface area contributed by atoms with Gasteiger partial charge in [0.05, 0.1) is 5.69 Å². The second kappa shape index (κ2) is 4.18. The maximum Gasteiger partial charge on any atom is 0.256 e. The van der Waals surface area contributed by atoms with Crippen molar-refractivity contribution in [2.24, 2.45) is 0 Å². The molecule has 1 aromatic carbocycles. The summed E-state index contributed by atoms with van der Waals surface area (Å²) >= 11 is 1.18. The molecular weight excluding hydrogens is 210 g/mol. The molecule has 0 fully saturated rings. The van der Waals surface area contributed by atoms with Gasteiger partial charge in [-0.2, -0.15) is 0 Å². The van der Waals surface area contributed by atoms with Gasteiger partial charge in [0.1, 0.15) is 5.00 Å². The average Bonchev–Trinajstić information content (AvgIpc) is 2.66. The number of carbonyl (C=O) groups is 1. The van der Waals surface area contributed by atoms with Crippen LogP contribution in [0.4, 0.5) is 5.00 Å². The molecule has 76 valence electrons. The quantitative estimate of drug-likeness (QED) is 0.841. The number of anilines is 1. The zero-order valence-electron chi connectivity index (χ0n) is 8.10. The maximum absolute atomic E-state index is 11.7. The third-order valence-electron chi connectivity index (χ3n) is 1.91. The van der Waals surface area contributed by atoms with E-state index in [4.69, 9.17) is 0 Å². The van der Waals surface area contributed by atoms with Gasteiger partial charge in [0.25, 0.3) is 5.91 Å². The third-order valence-corrected chi connectivity index (χ3v) is 2.66. The molecule has 1 amide bonds. The summed E-state index contributed by atoms with van der Waals surface area (Å²) in [5.74, 6) is -0.134. The summed E-state index contributed by atoms with van der Waals surface area (Å²) in [6.07, 6.45) is 0. The molecule has 5 heteroatoms. The summed E-state index contributed by atoms with van der Waals surface area (Å²) in [5, 5.41) is 7.28. The molecule has 0 atom stereocenters. The highest BCUT2D eigenvalue weighted by Crippen LogP contribution is 2.16. The standard InChI is InChI=1S/C10H9N3OS/c1-7-10(15-13-12-7)11-9(14)8-5-3-2-4-6-8/h2-6H,1H3,(H,11,14). The van der Waals surface area contributed by atoms with E-state index in [0.717, 1.165) is 5.69 Å². The van der Waals surface area contributed by atoms with Crippen LogP contribution in [0.3, 0.4) is 0 Å². The number of aromatic nitrogens is 2. The Labute approximate surface area is 91.1 Å². The first-order chi connectivity index (χ1) is 7.27. The highest BCUT2D eigenvalue weighted by Gasteiger charge is 2.09. The molecule has 1 N–H and O–H groups in total. The van der Waals surface area contributed by atoms with Crippen LogP contribution in [0.1, 0.15) is 16.1 Å². The van der Waals surface area contributed by atoms with Crippen LogP contribution in [0.15, 0.2) is 30.3 Å². The number of aryl methyl sites for hydroxylation is 1. The molecule has 2 rings (SSSR count). The van der Waals surface area contributed by atoms with Crippen molar-refractivity contribution in [3.8, 4) is 0 Å². The number of hydrogen-bond acceptors (Lipinski definition) is 4. The first-order valence-electron chi connectivity index (χ1n) is 4.43. The fourth-order valence-electron chi connectivity index (χ4n) is 1.11. The van der Waals surface area contributed by atoms with Gasteiger partial charge in [0, 0.05) is 17.1 Å². The monoisotopic (exact) mass is 219 g/mol. The van der Waals surface area contributed by atoms with Crippen molar-refractivity contribution in [2.45, 2.75) is 6.92 Å². The van der Waals surface area contributed by atoms with E-state index in [1.54, 1.807) is 12.1 Å². The van der Waals surface area contributed by atoms with Crippen molar-refractivity contribution in [3.05, 3.63) is 41.6 Å². The summed E-state index contributed by atoms with van der Waals surface area (Å²) in [5.41, 5.74) is 1.37. The molecule has 0 saturated carbocycles.